The first-order valence-electron chi connectivity index (χ1n) is 2.15. The molecule has 0 aromatic heterocycles. The molecule has 0 spiro atoms. The van der Waals surface area contributed by atoms with Gasteiger partial charge in [0.15, 0.2) is 0 Å². The highest BCUT2D eigenvalue weighted by Crippen LogP contribution is 2.14. The molecule has 50 valence electrons. The average molecular weight is 159 g/mol. The minimum Gasteiger partial charge on any atom is -0.394 e. The van der Waals surface area contributed by atoms with Crippen molar-refractivity contribution in [2.45, 2.75) is 4.87 Å². The fraction of sp³-hybridized carbons (Fsp3) is 1.00. The van der Waals surface area contributed by atoms with E-state index in [1.165, 1.54) is 0 Å². The van der Waals surface area contributed by atoms with E-state index >= 15 is 0 Å². The average Bonchev–Trinajstić information content (AvgIpc) is 1.87. The number of halogens is 2. The summed E-state index contributed by atoms with van der Waals surface area (Å²) in [6.45, 7) is -0.594. The van der Waals surface area contributed by atoms with Crippen molar-refractivity contribution in [3.63, 3.8) is 0 Å². The highest BCUT2D eigenvalue weighted by Gasteiger charge is 2.23. The molecule has 0 rings (SSSR count). The summed E-state index contributed by atoms with van der Waals surface area (Å²) in [5.41, 5.74) is 0. The molecule has 0 bridgehead atoms. The van der Waals surface area contributed by atoms with Crippen molar-refractivity contribution in [1.29, 1.82) is 0 Å². The smallest absolute Gasteiger partial charge is 0.104 e. The molecule has 0 aliphatic rings. The summed E-state index contributed by atoms with van der Waals surface area (Å²) in [5.74, 6) is 0.0571. The molecule has 0 aliphatic heterocycles. The van der Waals surface area contributed by atoms with Gasteiger partial charge in [0, 0.05) is 5.88 Å². The van der Waals surface area contributed by atoms with E-state index in [1.54, 1.807) is 0 Å². The Hall–Kier alpha value is 0.500. The number of rotatable bonds is 3. The zero-order valence-corrected chi connectivity index (χ0v) is 5.78. The van der Waals surface area contributed by atoms with Crippen LogP contribution in [0.4, 0.5) is 0 Å². The van der Waals surface area contributed by atoms with Crippen LogP contribution in [-0.2, 0) is 0 Å². The first kappa shape index (κ1) is 8.50. The molecule has 0 atom stereocenters. The Morgan fingerprint density at radius 2 is 1.62 bits per heavy atom. The summed E-state index contributed by atoms with van der Waals surface area (Å²) < 4.78 is 0. The van der Waals surface area contributed by atoms with Crippen LogP contribution in [0.15, 0.2) is 0 Å². The van der Waals surface area contributed by atoms with Crippen LogP contribution < -0.4 is 0 Å². The lowest BCUT2D eigenvalue weighted by molar-refractivity contribution is 0.180. The van der Waals surface area contributed by atoms with Gasteiger partial charge in [0.05, 0.1) is 13.2 Å². The standard InChI is InChI=1S/C4H8Cl2O2/c5-1-4(6,2-7)3-8/h7-8H,1-3H2. The minimum atomic E-state index is -1.03. The maximum absolute atomic E-state index is 8.41. The lowest BCUT2D eigenvalue weighted by Gasteiger charge is -2.16. The first-order valence-corrected chi connectivity index (χ1v) is 3.06. The van der Waals surface area contributed by atoms with Crippen LogP contribution in [0.5, 0.6) is 0 Å². The Morgan fingerprint density at radius 1 is 1.25 bits per heavy atom. The van der Waals surface area contributed by atoms with Gasteiger partial charge in [-0.05, 0) is 0 Å². The second-order valence-corrected chi connectivity index (χ2v) is 2.67. The Bertz CT molecular complexity index is 54.8. The molecule has 0 heterocycles. The van der Waals surface area contributed by atoms with E-state index in [0.29, 0.717) is 0 Å². The summed E-state index contributed by atoms with van der Waals surface area (Å²) >= 11 is 10.7. The van der Waals surface area contributed by atoms with Crippen LogP contribution in [0, 0.1) is 0 Å². The minimum absolute atomic E-state index is 0.0571. The first-order chi connectivity index (χ1) is 3.68. The van der Waals surface area contributed by atoms with Crippen LogP contribution in [-0.4, -0.2) is 34.2 Å². The lowest BCUT2D eigenvalue weighted by atomic mass is 10.2. The highest BCUT2D eigenvalue weighted by molar-refractivity contribution is 6.30. The quantitative estimate of drug-likeness (QED) is 0.577. The summed E-state index contributed by atoms with van der Waals surface area (Å²) in [5, 5.41) is 16.8. The third-order valence-electron chi connectivity index (χ3n) is 0.806. The lowest BCUT2D eigenvalue weighted by Crippen LogP contribution is -2.32. The number of aliphatic hydroxyl groups is 2. The normalized spacial score (nSPS) is 12.0. The number of hydrogen-bond donors (Lipinski definition) is 2. The largest absolute Gasteiger partial charge is 0.394 e. The second-order valence-electron chi connectivity index (χ2n) is 1.60. The van der Waals surface area contributed by atoms with Crippen molar-refractivity contribution in [3.05, 3.63) is 0 Å². The number of alkyl halides is 2. The number of aliphatic hydroxyl groups excluding tert-OH is 2. The third-order valence-corrected chi connectivity index (χ3v) is 1.83. The SMILES string of the molecule is OCC(Cl)(CO)CCl. The predicted molar refractivity (Wildman–Crippen MR) is 33.5 cm³/mol. The van der Waals surface area contributed by atoms with Crippen LogP contribution in [0.2, 0.25) is 0 Å². The van der Waals surface area contributed by atoms with E-state index in [1.807, 2.05) is 0 Å². The van der Waals surface area contributed by atoms with Crippen LogP contribution >= 0.6 is 23.2 Å². The van der Waals surface area contributed by atoms with Crippen LogP contribution in [0.1, 0.15) is 0 Å². The molecule has 0 unspecified atom stereocenters. The Morgan fingerprint density at radius 3 is 1.62 bits per heavy atom. The fourth-order valence-electron chi connectivity index (χ4n) is 0.135. The zero-order valence-electron chi connectivity index (χ0n) is 4.27. The van der Waals surface area contributed by atoms with Crippen molar-refractivity contribution in [3.8, 4) is 0 Å². The van der Waals surface area contributed by atoms with Crippen LogP contribution in [0.25, 0.3) is 0 Å². The molecule has 0 saturated carbocycles. The molecule has 0 aromatic rings. The Balaban J connectivity index is 3.58. The van der Waals surface area contributed by atoms with Crippen molar-refractivity contribution in [2.24, 2.45) is 0 Å². The highest BCUT2D eigenvalue weighted by atomic mass is 35.5. The van der Waals surface area contributed by atoms with E-state index < -0.39 is 4.87 Å². The van der Waals surface area contributed by atoms with Gasteiger partial charge in [-0.3, -0.25) is 0 Å². The molecular formula is C4H8Cl2O2. The molecule has 0 amide bonds. The molecule has 2 N–H and O–H groups in total. The van der Waals surface area contributed by atoms with Gasteiger partial charge in [-0.1, -0.05) is 0 Å². The predicted octanol–water partition coefficient (Wildman–Crippen LogP) is 0.187. The second kappa shape index (κ2) is 3.51. The van der Waals surface area contributed by atoms with Gasteiger partial charge in [0.25, 0.3) is 0 Å². The maximum Gasteiger partial charge on any atom is 0.104 e. The summed E-state index contributed by atoms with van der Waals surface area (Å²) in [6.07, 6.45) is 0. The van der Waals surface area contributed by atoms with Gasteiger partial charge in [-0.15, -0.1) is 23.2 Å². The van der Waals surface area contributed by atoms with Crippen LogP contribution in [0.3, 0.4) is 0 Å². The van der Waals surface area contributed by atoms with Gasteiger partial charge < -0.3 is 10.2 Å². The van der Waals surface area contributed by atoms with Gasteiger partial charge in [0.1, 0.15) is 4.87 Å². The molecule has 4 heteroatoms. The molecular weight excluding hydrogens is 151 g/mol. The topological polar surface area (TPSA) is 40.5 Å². The van der Waals surface area contributed by atoms with Gasteiger partial charge in [0.2, 0.25) is 0 Å². The molecule has 0 saturated heterocycles. The molecule has 0 radical (unpaired) electrons. The van der Waals surface area contributed by atoms with Crippen molar-refractivity contribution in [2.75, 3.05) is 19.1 Å². The summed E-state index contributed by atoms with van der Waals surface area (Å²) in [6, 6.07) is 0. The molecule has 2 nitrogen and oxygen atoms in total. The zero-order chi connectivity index (χ0) is 6.62. The van der Waals surface area contributed by atoms with E-state index in [-0.39, 0.29) is 19.1 Å². The van der Waals surface area contributed by atoms with E-state index in [0.717, 1.165) is 0 Å². The van der Waals surface area contributed by atoms with Crippen molar-refractivity contribution in [1.82, 2.24) is 0 Å². The van der Waals surface area contributed by atoms with Crippen molar-refractivity contribution >= 4 is 23.2 Å². The molecule has 0 fully saturated rings. The van der Waals surface area contributed by atoms with Gasteiger partial charge in [-0.2, -0.15) is 0 Å². The van der Waals surface area contributed by atoms with Gasteiger partial charge >= 0.3 is 0 Å². The van der Waals surface area contributed by atoms with E-state index in [4.69, 9.17) is 33.4 Å². The Kier molecular flexibility index (Phi) is 3.73. The summed E-state index contributed by atoms with van der Waals surface area (Å²) in [7, 11) is 0. The third kappa shape index (κ3) is 2.18. The maximum atomic E-state index is 8.41. The van der Waals surface area contributed by atoms with E-state index in [2.05, 4.69) is 0 Å². The number of hydrogen-bond acceptors (Lipinski definition) is 2. The van der Waals surface area contributed by atoms with Gasteiger partial charge in [-0.25, -0.2) is 0 Å². The monoisotopic (exact) mass is 158 g/mol. The Labute approximate surface area is 58.0 Å². The van der Waals surface area contributed by atoms with Crippen molar-refractivity contribution < 1.29 is 10.2 Å². The summed E-state index contributed by atoms with van der Waals surface area (Å²) in [4.78, 5) is -1.03. The molecule has 0 aliphatic carbocycles. The van der Waals surface area contributed by atoms with E-state index in [9.17, 15) is 0 Å². The fourth-order valence-corrected chi connectivity index (χ4v) is 0.304. The molecule has 0 aromatic carbocycles. The molecule has 8 heavy (non-hydrogen) atoms.